The number of nitrogens with zero attached hydrogens (tertiary/aromatic N) is 2. The molecule has 0 unspecified atom stereocenters. The minimum Gasteiger partial charge on any atom is -0.392 e. The summed E-state index contributed by atoms with van der Waals surface area (Å²) in [6.45, 7) is 4.18. The highest BCUT2D eigenvalue weighted by atomic mass is 19.1. The Labute approximate surface area is 121 Å². The highest BCUT2D eigenvalue weighted by Gasteiger charge is 2.32. The van der Waals surface area contributed by atoms with E-state index in [2.05, 4.69) is 0 Å². The first-order valence-electron chi connectivity index (χ1n) is 6.86. The minimum atomic E-state index is -0.829. The molecular weight excluding hydrogens is 277 g/mol. The Balaban J connectivity index is 2.40. The van der Waals surface area contributed by atoms with Crippen LogP contribution in [0.5, 0.6) is 0 Å². The number of benzene rings is 1. The van der Waals surface area contributed by atoms with Crippen LogP contribution in [0.1, 0.15) is 37.0 Å². The molecule has 0 heterocycles. The molecule has 21 heavy (non-hydrogen) atoms. The molecule has 0 saturated heterocycles. The topological polar surface area (TPSA) is 89.5 Å². The molecule has 0 atom stereocenters. The maximum atomic E-state index is 14.0. The van der Waals surface area contributed by atoms with Crippen LogP contribution in [0.3, 0.4) is 0 Å². The van der Waals surface area contributed by atoms with Crippen LogP contribution < -0.4 is 5.73 Å². The van der Waals surface area contributed by atoms with Gasteiger partial charge in [0.2, 0.25) is 0 Å². The molecule has 0 radical (unpaired) electrons. The number of halogens is 1. The zero-order valence-corrected chi connectivity index (χ0v) is 12.0. The van der Waals surface area contributed by atoms with Gasteiger partial charge in [0, 0.05) is 18.7 Å². The average Bonchev–Trinajstić information content (AvgIpc) is 3.18. The number of amides is 1. The van der Waals surface area contributed by atoms with E-state index in [-0.39, 0.29) is 6.04 Å². The van der Waals surface area contributed by atoms with Crippen LogP contribution in [0.25, 0.3) is 0 Å². The summed E-state index contributed by atoms with van der Waals surface area (Å²) in [5, 5.41) is 10.9. The molecule has 1 aliphatic carbocycles. The Morgan fingerprint density at radius 3 is 2.62 bits per heavy atom. The molecule has 2 N–H and O–H groups in total. The normalized spacial score (nSPS) is 14.3. The molecule has 0 spiro atoms. The number of anilines is 1. The van der Waals surface area contributed by atoms with Gasteiger partial charge in [-0.15, -0.1) is 0 Å². The Morgan fingerprint density at radius 1 is 1.52 bits per heavy atom. The number of rotatable bonds is 5. The maximum absolute atomic E-state index is 14.0. The van der Waals surface area contributed by atoms with E-state index >= 15 is 0 Å². The summed E-state index contributed by atoms with van der Waals surface area (Å²) in [5.41, 5.74) is 4.38. The molecule has 1 aromatic carbocycles. The van der Waals surface area contributed by atoms with Crippen molar-refractivity contribution in [3.8, 4) is 0 Å². The zero-order valence-electron chi connectivity index (χ0n) is 12.0. The van der Waals surface area contributed by atoms with E-state index in [1.165, 1.54) is 4.90 Å². The Kier molecular flexibility index (Phi) is 4.11. The van der Waals surface area contributed by atoms with Gasteiger partial charge in [0.05, 0.1) is 4.92 Å². The van der Waals surface area contributed by atoms with Crippen LogP contribution in [0.2, 0.25) is 0 Å². The highest BCUT2D eigenvalue weighted by Crippen LogP contribution is 2.33. The van der Waals surface area contributed by atoms with E-state index in [0.717, 1.165) is 25.0 Å². The SMILES string of the molecule is CC(C)N(CC1CC1)C(=O)c1c(F)ccc([N+](=O)[O-])c1N. The van der Waals surface area contributed by atoms with Crippen LogP contribution in [-0.2, 0) is 0 Å². The van der Waals surface area contributed by atoms with E-state index in [1.54, 1.807) is 0 Å². The molecule has 1 saturated carbocycles. The largest absolute Gasteiger partial charge is 0.392 e. The number of nitrogen functional groups attached to an aromatic ring is 1. The fraction of sp³-hybridized carbons (Fsp3) is 0.500. The third kappa shape index (κ3) is 3.12. The molecule has 1 fully saturated rings. The molecule has 114 valence electrons. The van der Waals surface area contributed by atoms with Gasteiger partial charge >= 0.3 is 0 Å². The van der Waals surface area contributed by atoms with Crippen LogP contribution in [0.15, 0.2) is 12.1 Å². The van der Waals surface area contributed by atoms with Gasteiger partial charge in [-0.3, -0.25) is 14.9 Å². The van der Waals surface area contributed by atoms with Gasteiger partial charge in [0.1, 0.15) is 17.1 Å². The van der Waals surface area contributed by atoms with E-state index in [4.69, 9.17) is 5.73 Å². The summed E-state index contributed by atoms with van der Waals surface area (Å²) in [5.74, 6) is -0.987. The molecule has 1 amide bonds. The molecular formula is C14H18FN3O3. The van der Waals surface area contributed by atoms with E-state index in [0.29, 0.717) is 12.5 Å². The zero-order chi connectivity index (χ0) is 15.7. The van der Waals surface area contributed by atoms with Gasteiger partial charge in [0.15, 0.2) is 0 Å². The van der Waals surface area contributed by atoms with Crippen LogP contribution in [-0.4, -0.2) is 28.3 Å². The smallest absolute Gasteiger partial charge is 0.293 e. The third-order valence-electron chi connectivity index (χ3n) is 3.62. The average molecular weight is 295 g/mol. The van der Waals surface area contributed by atoms with Crippen molar-refractivity contribution in [3.05, 3.63) is 33.6 Å². The van der Waals surface area contributed by atoms with Crippen molar-refractivity contribution in [1.29, 1.82) is 0 Å². The van der Waals surface area contributed by atoms with Crippen molar-refractivity contribution in [2.75, 3.05) is 12.3 Å². The number of carbonyl (C=O) groups excluding carboxylic acids is 1. The molecule has 0 aliphatic heterocycles. The van der Waals surface area contributed by atoms with Gasteiger partial charge < -0.3 is 10.6 Å². The second-order valence-electron chi connectivity index (χ2n) is 5.61. The number of nitro groups is 1. The van der Waals surface area contributed by atoms with Gasteiger partial charge in [-0.2, -0.15) is 0 Å². The van der Waals surface area contributed by atoms with Gasteiger partial charge in [-0.25, -0.2) is 4.39 Å². The number of nitro benzene ring substituents is 1. The van der Waals surface area contributed by atoms with Crippen molar-refractivity contribution in [2.24, 2.45) is 5.92 Å². The molecule has 1 aliphatic rings. The van der Waals surface area contributed by atoms with Crippen molar-refractivity contribution in [2.45, 2.75) is 32.7 Å². The lowest BCUT2D eigenvalue weighted by Crippen LogP contribution is -2.39. The highest BCUT2D eigenvalue weighted by molar-refractivity contribution is 6.01. The monoisotopic (exact) mass is 295 g/mol. The molecule has 0 bridgehead atoms. The summed E-state index contributed by atoms with van der Waals surface area (Å²) >= 11 is 0. The molecule has 7 heteroatoms. The number of nitrogens with two attached hydrogens (primary N) is 1. The first-order valence-corrected chi connectivity index (χ1v) is 6.86. The lowest BCUT2D eigenvalue weighted by molar-refractivity contribution is -0.384. The standard InChI is InChI=1S/C14H18FN3O3/c1-8(2)17(7-9-3-4-9)14(19)12-10(15)5-6-11(13(12)16)18(20)21/h5-6,8-9H,3-4,7,16H2,1-2H3. The fourth-order valence-corrected chi connectivity index (χ4v) is 2.21. The second-order valence-corrected chi connectivity index (χ2v) is 5.61. The second kappa shape index (κ2) is 5.67. The lowest BCUT2D eigenvalue weighted by atomic mass is 10.1. The minimum absolute atomic E-state index is 0.129. The Morgan fingerprint density at radius 2 is 2.14 bits per heavy atom. The summed E-state index contributed by atoms with van der Waals surface area (Å²) in [7, 11) is 0. The number of hydrogen-bond acceptors (Lipinski definition) is 4. The van der Waals surface area contributed by atoms with Crippen molar-refractivity contribution < 1.29 is 14.1 Å². The lowest BCUT2D eigenvalue weighted by Gasteiger charge is -2.27. The predicted molar refractivity (Wildman–Crippen MR) is 76.4 cm³/mol. The summed E-state index contributed by atoms with van der Waals surface area (Å²) in [4.78, 5) is 24.2. The first kappa shape index (κ1) is 15.2. The quantitative estimate of drug-likeness (QED) is 0.513. The van der Waals surface area contributed by atoms with Gasteiger partial charge in [0.25, 0.3) is 11.6 Å². The third-order valence-corrected chi connectivity index (χ3v) is 3.62. The van der Waals surface area contributed by atoms with E-state index in [9.17, 15) is 19.3 Å². The van der Waals surface area contributed by atoms with Crippen LogP contribution in [0.4, 0.5) is 15.8 Å². The van der Waals surface area contributed by atoms with Crippen LogP contribution in [0, 0.1) is 21.8 Å². The maximum Gasteiger partial charge on any atom is 0.293 e. The van der Waals surface area contributed by atoms with Crippen molar-refractivity contribution in [1.82, 2.24) is 4.90 Å². The molecule has 1 aromatic rings. The van der Waals surface area contributed by atoms with Crippen LogP contribution >= 0.6 is 0 Å². The van der Waals surface area contributed by atoms with Gasteiger partial charge in [-0.05, 0) is 38.7 Å². The fourth-order valence-electron chi connectivity index (χ4n) is 2.21. The van der Waals surface area contributed by atoms with E-state index in [1.807, 2.05) is 13.8 Å². The Hall–Kier alpha value is -2.18. The molecule has 2 rings (SSSR count). The van der Waals surface area contributed by atoms with Gasteiger partial charge in [-0.1, -0.05) is 0 Å². The van der Waals surface area contributed by atoms with Crippen molar-refractivity contribution >= 4 is 17.3 Å². The summed E-state index contributed by atoms with van der Waals surface area (Å²) < 4.78 is 14.0. The summed E-state index contributed by atoms with van der Waals surface area (Å²) in [6.07, 6.45) is 2.09. The first-order chi connectivity index (χ1) is 9.82. The molecule has 6 nitrogen and oxygen atoms in total. The summed E-state index contributed by atoms with van der Waals surface area (Å²) in [6, 6.07) is 1.76. The number of carbonyl (C=O) groups is 1. The predicted octanol–water partition coefficient (Wildman–Crippen LogP) is 2.58. The number of hydrogen-bond donors (Lipinski definition) is 1. The van der Waals surface area contributed by atoms with E-state index < -0.39 is 33.6 Å². The molecule has 0 aromatic heterocycles. The Bertz CT molecular complexity index is 585. The van der Waals surface area contributed by atoms with Crippen molar-refractivity contribution in [3.63, 3.8) is 0 Å².